The minimum atomic E-state index is -3.67. The highest BCUT2D eigenvalue weighted by Crippen LogP contribution is 2.27. The van der Waals surface area contributed by atoms with Crippen molar-refractivity contribution in [2.24, 2.45) is 0 Å². The molecule has 1 heterocycles. The lowest BCUT2D eigenvalue weighted by Crippen LogP contribution is -2.16. The molecule has 0 unspecified atom stereocenters. The lowest BCUT2D eigenvalue weighted by molar-refractivity contribution is 0.600. The molecule has 0 bridgehead atoms. The van der Waals surface area contributed by atoms with Crippen molar-refractivity contribution in [2.45, 2.75) is 25.7 Å². The number of pyridine rings is 1. The van der Waals surface area contributed by atoms with Crippen molar-refractivity contribution in [1.29, 1.82) is 0 Å². The van der Waals surface area contributed by atoms with Crippen LogP contribution in [0.3, 0.4) is 0 Å². The molecule has 0 atom stereocenters. The molecule has 0 fully saturated rings. The van der Waals surface area contributed by atoms with Gasteiger partial charge in [-0.15, -0.1) is 0 Å². The van der Waals surface area contributed by atoms with Crippen LogP contribution in [0.15, 0.2) is 47.6 Å². The number of fused-ring (bicyclic) bond motifs is 1. The van der Waals surface area contributed by atoms with Gasteiger partial charge in [-0.25, -0.2) is 8.42 Å². The quantitative estimate of drug-likeness (QED) is 0.797. The number of aryl methyl sites for hydroxylation is 3. The maximum atomic E-state index is 12.9. The second kappa shape index (κ2) is 5.66. The maximum absolute atomic E-state index is 12.9. The molecule has 0 aliphatic carbocycles. The molecular weight excluding hydrogens is 308 g/mol. The van der Waals surface area contributed by atoms with Gasteiger partial charge in [0.25, 0.3) is 10.0 Å². The molecule has 0 saturated heterocycles. The summed E-state index contributed by atoms with van der Waals surface area (Å²) in [6.07, 6.45) is 3.30. The first-order valence-corrected chi connectivity index (χ1v) is 8.72. The van der Waals surface area contributed by atoms with Gasteiger partial charge in [0.15, 0.2) is 0 Å². The maximum Gasteiger partial charge on any atom is 0.262 e. The van der Waals surface area contributed by atoms with Gasteiger partial charge in [-0.1, -0.05) is 23.8 Å². The summed E-state index contributed by atoms with van der Waals surface area (Å²) in [5.41, 5.74) is 3.05. The summed E-state index contributed by atoms with van der Waals surface area (Å²) >= 11 is 0. The molecule has 1 aromatic heterocycles. The van der Waals surface area contributed by atoms with Crippen LogP contribution < -0.4 is 4.72 Å². The molecule has 0 spiro atoms. The fourth-order valence-electron chi connectivity index (χ4n) is 2.92. The molecule has 2 aromatic carbocycles. The van der Waals surface area contributed by atoms with Crippen LogP contribution in [0.25, 0.3) is 10.8 Å². The van der Waals surface area contributed by atoms with E-state index in [9.17, 15) is 8.42 Å². The van der Waals surface area contributed by atoms with Crippen molar-refractivity contribution in [3.63, 3.8) is 0 Å². The Kier molecular flexibility index (Phi) is 3.82. The summed E-state index contributed by atoms with van der Waals surface area (Å²) in [6.45, 7) is 5.59. The Morgan fingerprint density at radius 1 is 1.09 bits per heavy atom. The highest BCUT2D eigenvalue weighted by atomic mass is 32.2. The molecule has 0 aliphatic rings. The van der Waals surface area contributed by atoms with Crippen LogP contribution in [-0.4, -0.2) is 13.4 Å². The summed E-state index contributed by atoms with van der Waals surface area (Å²) in [6, 6.07) is 12.0. The zero-order valence-electron chi connectivity index (χ0n) is 13.2. The van der Waals surface area contributed by atoms with Crippen molar-refractivity contribution in [3.8, 4) is 0 Å². The van der Waals surface area contributed by atoms with Crippen LogP contribution in [0.4, 0.5) is 5.69 Å². The molecule has 4 nitrogen and oxygen atoms in total. The number of hydrogen-bond donors (Lipinski definition) is 1. The molecule has 1 N–H and O–H groups in total. The van der Waals surface area contributed by atoms with Gasteiger partial charge in [0.05, 0.1) is 10.6 Å². The van der Waals surface area contributed by atoms with E-state index in [1.165, 1.54) is 0 Å². The van der Waals surface area contributed by atoms with Gasteiger partial charge in [-0.2, -0.15) is 0 Å². The Labute approximate surface area is 136 Å². The fourth-order valence-corrected chi connectivity index (χ4v) is 4.46. The first-order chi connectivity index (χ1) is 10.9. The van der Waals surface area contributed by atoms with E-state index < -0.39 is 10.0 Å². The van der Waals surface area contributed by atoms with Gasteiger partial charge < -0.3 is 0 Å². The summed E-state index contributed by atoms with van der Waals surface area (Å²) in [7, 11) is -3.67. The van der Waals surface area contributed by atoms with Gasteiger partial charge in [0.1, 0.15) is 0 Å². The SMILES string of the molecule is Cc1cc(C)c(S(=O)(=O)Nc2cc[c]c3cnccc23)c(C)c1. The molecular formula is C18H17N2O2S. The number of aromatic nitrogens is 1. The Hall–Kier alpha value is -2.40. The highest BCUT2D eigenvalue weighted by molar-refractivity contribution is 7.92. The Morgan fingerprint density at radius 3 is 2.48 bits per heavy atom. The van der Waals surface area contributed by atoms with Crippen LogP contribution >= 0.6 is 0 Å². The van der Waals surface area contributed by atoms with E-state index in [1.54, 1.807) is 30.6 Å². The number of hydrogen-bond acceptors (Lipinski definition) is 3. The van der Waals surface area contributed by atoms with E-state index in [1.807, 2.05) is 32.9 Å². The minimum Gasteiger partial charge on any atom is -0.279 e. The largest absolute Gasteiger partial charge is 0.279 e. The molecule has 5 heteroatoms. The molecule has 1 radical (unpaired) electrons. The van der Waals surface area contributed by atoms with Crippen LogP contribution in [0.5, 0.6) is 0 Å². The molecule has 0 aliphatic heterocycles. The van der Waals surface area contributed by atoms with Gasteiger partial charge in [0, 0.05) is 23.2 Å². The summed E-state index contributed by atoms with van der Waals surface area (Å²) in [4.78, 5) is 4.37. The third kappa shape index (κ3) is 2.92. The van der Waals surface area contributed by atoms with Crippen molar-refractivity contribution in [3.05, 3.63) is 65.5 Å². The number of nitrogens with one attached hydrogen (secondary N) is 1. The monoisotopic (exact) mass is 325 g/mol. The molecule has 3 rings (SSSR count). The number of benzene rings is 2. The average molecular weight is 325 g/mol. The summed E-state index contributed by atoms with van der Waals surface area (Å²) in [5, 5.41) is 1.54. The molecule has 0 amide bonds. The fraction of sp³-hybridized carbons (Fsp3) is 0.167. The molecule has 23 heavy (non-hydrogen) atoms. The number of rotatable bonds is 3. The summed E-state index contributed by atoms with van der Waals surface area (Å²) in [5.74, 6) is 0. The molecule has 0 saturated carbocycles. The van der Waals surface area contributed by atoms with E-state index in [-0.39, 0.29) is 0 Å². The van der Waals surface area contributed by atoms with E-state index in [2.05, 4.69) is 15.8 Å². The van der Waals surface area contributed by atoms with Crippen molar-refractivity contribution in [1.82, 2.24) is 4.98 Å². The first kappa shape index (κ1) is 15.5. The molecule has 3 aromatic rings. The standard InChI is InChI=1S/C18H17N2O2S/c1-12-9-13(2)18(14(3)10-12)23(21,22)20-17-6-4-5-15-11-19-8-7-16(15)17/h4,6-11,20H,1-3H3. The number of sulfonamides is 1. The van der Waals surface area contributed by atoms with Gasteiger partial charge >= 0.3 is 0 Å². The van der Waals surface area contributed by atoms with Crippen LogP contribution in [0.1, 0.15) is 16.7 Å². The zero-order chi connectivity index (χ0) is 16.6. The topological polar surface area (TPSA) is 59.1 Å². The van der Waals surface area contributed by atoms with Gasteiger partial charge in [-0.05, 0) is 50.1 Å². The average Bonchev–Trinajstić information content (AvgIpc) is 2.45. The third-order valence-electron chi connectivity index (χ3n) is 3.72. The first-order valence-electron chi connectivity index (χ1n) is 7.23. The van der Waals surface area contributed by atoms with Gasteiger partial charge in [-0.3, -0.25) is 9.71 Å². The van der Waals surface area contributed by atoms with E-state index in [0.717, 1.165) is 27.5 Å². The smallest absolute Gasteiger partial charge is 0.262 e. The predicted octanol–water partition coefficient (Wildman–Crippen LogP) is 3.76. The Bertz CT molecular complexity index is 967. The lowest BCUT2D eigenvalue weighted by Gasteiger charge is -2.15. The van der Waals surface area contributed by atoms with E-state index in [4.69, 9.17) is 0 Å². The van der Waals surface area contributed by atoms with Crippen LogP contribution in [-0.2, 0) is 10.0 Å². The summed E-state index contributed by atoms with van der Waals surface area (Å²) < 4.78 is 28.4. The molecule has 117 valence electrons. The van der Waals surface area contributed by atoms with Crippen LogP contribution in [0, 0.1) is 26.8 Å². The normalized spacial score (nSPS) is 11.6. The van der Waals surface area contributed by atoms with Crippen molar-refractivity contribution in [2.75, 3.05) is 4.72 Å². The Morgan fingerprint density at radius 2 is 1.78 bits per heavy atom. The number of anilines is 1. The second-order valence-corrected chi connectivity index (χ2v) is 7.27. The third-order valence-corrected chi connectivity index (χ3v) is 5.39. The number of nitrogens with zero attached hydrogens (tertiary/aromatic N) is 1. The van der Waals surface area contributed by atoms with Crippen molar-refractivity contribution >= 4 is 26.5 Å². The van der Waals surface area contributed by atoms with Crippen LogP contribution in [0.2, 0.25) is 0 Å². The predicted molar refractivity (Wildman–Crippen MR) is 92.0 cm³/mol. The minimum absolute atomic E-state index is 0.332. The van der Waals surface area contributed by atoms with Gasteiger partial charge in [0.2, 0.25) is 0 Å². The van der Waals surface area contributed by atoms with Crippen molar-refractivity contribution < 1.29 is 8.42 Å². The highest BCUT2D eigenvalue weighted by Gasteiger charge is 2.20. The Balaban J connectivity index is 2.12. The zero-order valence-corrected chi connectivity index (χ0v) is 14.0. The van der Waals surface area contributed by atoms with E-state index in [0.29, 0.717) is 10.6 Å². The van der Waals surface area contributed by atoms with E-state index >= 15 is 0 Å². The lowest BCUT2D eigenvalue weighted by atomic mass is 10.1. The second-order valence-electron chi connectivity index (χ2n) is 5.65.